The fourth-order valence-electron chi connectivity index (χ4n) is 1.30. The number of ether oxygens (including phenoxy) is 1. The lowest BCUT2D eigenvalue weighted by Gasteiger charge is -2.09. The van der Waals surface area contributed by atoms with Crippen molar-refractivity contribution in [3.8, 4) is 0 Å². The van der Waals surface area contributed by atoms with Crippen molar-refractivity contribution in [3.05, 3.63) is 33.8 Å². The summed E-state index contributed by atoms with van der Waals surface area (Å²) in [7, 11) is 1.34. The number of halogens is 2. The van der Waals surface area contributed by atoms with Gasteiger partial charge in [-0.05, 0) is 29.9 Å². The molecule has 0 amide bonds. The Morgan fingerprint density at radius 1 is 1.50 bits per heavy atom. The standard InChI is InChI=1S/C12H15Cl2NO2S/c1-17-12(16)11(15)4-5-18-7-8-2-3-9(13)6-10(8)14/h2-3,6,11H,4-5,7,15H2,1H3. The van der Waals surface area contributed by atoms with Crippen LogP contribution in [-0.4, -0.2) is 24.9 Å². The van der Waals surface area contributed by atoms with Crippen LogP contribution >= 0.6 is 35.0 Å². The maximum Gasteiger partial charge on any atom is 0.322 e. The highest BCUT2D eigenvalue weighted by Gasteiger charge is 2.12. The van der Waals surface area contributed by atoms with E-state index in [-0.39, 0.29) is 5.97 Å². The number of nitrogens with two attached hydrogens (primary N) is 1. The molecule has 6 heteroatoms. The Bertz CT molecular complexity index is 415. The predicted molar refractivity (Wildman–Crippen MR) is 77.2 cm³/mol. The summed E-state index contributed by atoms with van der Waals surface area (Å²) in [4.78, 5) is 11.1. The molecule has 2 N–H and O–H groups in total. The van der Waals surface area contributed by atoms with E-state index < -0.39 is 6.04 Å². The molecule has 100 valence electrons. The summed E-state index contributed by atoms with van der Waals surface area (Å²) in [5, 5.41) is 1.29. The number of thioether (sulfide) groups is 1. The maximum absolute atomic E-state index is 11.1. The highest BCUT2D eigenvalue weighted by atomic mass is 35.5. The van der Waals surface area contributed by atoms with Gasteiger partial charge in [-0.15, -0.1) is 0 Å². The number of hydrogen-bond donors (Lipinski definition) is 1. The molecule has 1 atom stereocenters. The zero-order chi connectivity index (χ0) is 13.5. The molecule has 3 nitrogen and oxygen atoms in total. The lowest BCUT2D eigenvalue weighted by atomic mass is 10.2. The monoisotopic (exact) mass is 307 g/mol. The normalized spacial score (nSPS) is 12.2. The number of rotatable bonds is 6. The van der Waals surface area contributed by atoms with E-state index in [2.05, 4.69) is 4.74 Å². The van der Waals surface area contributed by atoms with Gasteiger partial charge < -0.3 is 10.5 Å². The quantitative estimate of drug-likeness (QED) is 0.648. The van der Waals surface area contributed by atoms with Gasteiger partial charge in [0, 0.05) is 15.8 Å². The van der Waals surface area contributed by atoms with Gasteiger partial charge in [0.05, 0.1) is 7.11 Å². The largest absolute Gasteiger partial charge is 0.468 e. The summed E-state index contributed by atoms with van der Waals surface area (Å²) in [6, 6.07) is 4.88. The van der Waals surface area contributed by atoms with E-state index in [0.717, 1.165) is 17.1 Å². The van der Waals surface area contributed by atoms with Crippen molar-refractivity contribution >= 4 is 40.9 Å². The molecule has 0 saturated carbocycles. The van der Waals surface area contributed by atoms with Crippen LogP contribution < -0.4 is 5.73 Å². The second-order valence-corrected chi connectivity index (χ2v) is 5.66. The number of benzene rings is 1. The molecular formula is C12H15Cl2NO2S. The first-order valence-corrected chi connectivity index (χ1v) is 7.30. The molecule has 0 aliphatic rings. The summed E-state index contributed by atoms with van der Waals surface area (Å²) >= 11 is 13.5. The van der Waals surface area contributed by atoms with Crippen molar-refractivity contribution in [2.75, 3.05) is 12.9 Å². The van der Waals surface area contributed by atoms with Crippen LogP contribution in [0.4, 0.5) is 0 Å². The van der Waals surface area contributed by atoms with Crippen molar-refractivity contribution in [1.82, 2.24) is 0 Å². The third-order valence-electron chi connectivity index (χ3n) is 2.35. The number of carbonyl (C=O) groups excluding carboxylic acids is 1. The lowest BCUT2D eigenvalue weighted by molar-refractivity contribution is -0.142. The van der Waals surface area contributed by atoms with Gasteiger partial charge in [-0.25, -0.2) is 0 Å². The van der Waals surface area contributed by atoms with Crippen molar-refractivity contribution in [2.24, 2.45) is 5.73 Å². The number of methoxy groups -OCH3 is 1. The predicted octanol–water partition coefficient (Wildman–Crippen LogP) is 3.12. The summed E-state index contributed by atoms with van der Waals surface area (Å²) in [6.45, 7) is 0. The van der Waals surface area contributed by atoms with E-state index in [0.29, 0.717) is 16.5 Å². The molecule has 1 aromatic carbocycles. The molecule has 1 unspecified atom stereocenters. The van der Waals surface area contributed by atoms with E-state index >= 15 is 0 Å². The SMILES string of the molecule is COC(=O)C(N)CCSCc1ccc(Cl)cc1Cl. The van der Waals surface area contributed by atoms with Gasteiger partial charge in [0.15, 0.2) is 0 Å². The highest BCUT2D eigenvalue weighted by Crippen LogP contribution is 2.24. The van der Waals surface area contributed by atoms with Crippen molar-refractivity contribution < 1.29 is 9.53 Å². The summed E-state index contributed by atoms with van der Waals surface area (Å²) < 4.78 is 4.55. The molecule has 0 bridgehead atoms. The molecule has 0 aromatic heterocycles. The fraction of sp³-hybridized carbons (Fsp3) is 0.417. The van der Waals surface area contributed by atoms with Gasteiger partial charge >= 0.3 is 5.97 Å². The third-order valence-corrected chi connectivity index (χ3v) is 3.98. The Labute approximate surface area is 121 Å². The minimum atomic E-state index is -0.553. The van der Waals surface area contributed by atoms with Crippen molar-refractivity contribution in [3.63, 3.8) is 0 Å². The molecule has 0 fully saturated rings. The van der Waals surface area contributed by atoms with Crippen molar-refractivity contribution in [2.45, 2.75) is 18.2 Å². The number of esters is 1. The summed E-state index contributed by atoms with van der Waals surface area (Å²) in [5.74, 6) is 1.17. The van der Waals surface area contributed by atoms with Crippen LogP contribution in [0.1, 0.15) is 12.0 Å². The van der Waals surface area contributed by atoms with Crippen LogP contribution in [0.3, 0.4) is 0 Å². The van der Waals surface area contributed by atoms with E-state index in [4.69, 9.17) is 28.9 Å². The molecule has 0 heterocycles. The van der Waals surface area contributed by atoms with Crippen LogP contribution in [0.5, 0.6) is 0 Å². The van der Waals surface area contributed by atoms with Gasteiger partial charge in [-0.3, -0.25) is 4.79 Å². The van der Waals surface area contributed by atoms with Crippen LogP contribution in [0.25, 0.3) is 0 Å². The van der Waals surface area contributed by atoms with E-state index in [1.165, 1.54) is 7.11 Å². The zero-order valence-corrected chi connectivity index (χ0v) is 12.3. The Balaban J connectivity index is 2.32. The van der Waals surface area contributed by atoms with E-state index in [1.54, 1.807) is 17.8 Å². The van der Waals surface area contributed by atoms with E-state index in [1.807, 2.05) is 12.1 Å². The average molecular weight is 308 g/mol. The smallest absolute Gasteiger partial charge is 0.322 e. The first-order valence-electron chi connectivity index (χ1n) is 5.39. The summed E-state index contributed by atoms with van der Waals surface area (Å²) in [6.07, 6.45) is 0.586. The van der Waals surface area contributed by atoms with Crippen LogP contribution in [-0.2, 0) is 15.3 Å². The molecular weight excluding hydrogens is 293 g/mol. The number of carbonyl (C=O) groups is 1. The topological polar surface area (TPSA) is 52.3 Å². The molecule has 18 heavy (non-hydrogen) atoms. The minimum absolute atomic E-state index is 0.375. The van der Waals surface area contributed by atoms with E-state index in [9.17, 15) is 4.79 Å². The van der Waals surface area contributed by atoms with Crippen molar-refractivity contribution in [1.29, 1.82) is 0 Å². The highest BCUT2D eigenvalue weighted by molar-refractivity contribution is 7.98. The molecule has 0 radical (unpaired) electrons. The van der Waals surface area contributed by atoms with Gasteiger partial charge in [-0.2, -0.15) is 11.8 Å². The third kappa shape index (κ3) is 5.06. The van der Waals surface area contributed by atoms with Gasteiger partial charge in [0.1, 0.15) is 6.04 Å². The average Bonchev–Trinajstić information content (AvgIpc) is 2.35. The first-order chi connectivity index (χ1) is 8.54. The number of hydrogen-bond acceptors (Lipinski definition) is 4. The second kappa shape index (κ2) is 7.89. The van der Waals surface area contributed by atoms with Crippen LogP contribution in [0.15, 0.2) is 18.2 Å². The molecule has 1 aromatic rings. The Morgan fingerprint density at radius 3 is 2.83 bits per heavy atom. The van der Waals surface area contributed by atoms with Gasteiger partial charge in [-0.1, -0.05) is 29.3 Å². The lowest BCUT2D eigenvalue weighted by Crippen LogP contribution is -2.31. The zero-order valence-electron chi connectivity index (χ0n) is 9.99. The van der Waals surface area contributed by atoms with Gasteiger partial charge in [0.2, 0.25) is 0 Å². The molecule has 0 aliphatic carbocycles. The van der Waals surface area contributed by atoms with Crippen LogP contribution in [0, 0.1) is 0 Å². The summed E-state index contributed by atoms with van der Waals surface area (Å²) in [5.41, 5.74) is 6.65. The Morgan fingerprint density at radius 2 is 2.22 bits per heavy atom. The van der Waals surface area contributed by atoms with Crippen LogP contribution in [0.2, 0.25) is 10.0 Å². The fourth-order valence-corrected chi connectivity index (χ4v) is 2.89. The molecule has 0 aliphatic heterocycles. The maximum atomic E-state index is 11.1. The second-order valence-electron chi connectivity index (χ2n) is 3.71. The Hall–Kier alpha value is -0.420. The Kier molecular flexibility index (Phi) is 6.86. The minimum Gasteiger partial charge on any atom is -0.468 e. The molecule has 0 spiro atoms. The molecule has 0 saturated heterocycles. The molecule has 1 rings (SSSR count). The first kappa shape index (κ1) is 15.6. The van der Waals surface area contributed by atoms with Gasteiger partial charge in [0.25, 0.3) is 0 Å².